The van der Waals surface area contributed by atoms with Crippen LogP contribution in [0.4, 0.5) is 0 Å². The lowest BCUT2D eigenvalue weighted by Crippen LogP contribution is -2.49. The summed E-state index contributed by atoms with van der Waals surface area (Å²) in [4.78, 5) is 16.4. The number of rotatable bonds is 7. The van der Waals surface area contributed by atoms with Crippen LogP contribution in [-0.4, -0.2) is 66.8 Å². The molecule has 1 aliphatic heterocycles. The summed E-state index contributed by atoms with van der Waals surface area (Å²) in [6, 6.07) is 6.38. The third kappa shape index (κ3) is 4.48. The van der Waals surface area contributed by atoms with Crippen molar-refractivity contribution in [2.45, 2.75) is 32.1 Å². The topological polar surface area (TPSA) is 53.0 Å². The van der Waals surface area contributed by atoms with Crippen molar-refractivity contribution in [3.05, 3.63) is 29.3 Å². The number of aliphatic hydroxyl groups excluding tert-OH is 1. The van der Waals surface area contributed by atoms with Gasteiger partial charge in [0.05, 0.1) is 13.2 Å². The fourth-order valence-electron chi connectivity index (χ4n) is 3.57. The summed E-state index contributed by atoms with van der Waals surface area (Å²) in [6.45, 7) is 4.74. The van der Waals surface area contributed by atoms with E-state index >= 15 is 0 Å². The van der Waals surface area contributed by atoms with Gasteiger partial charge in [-0.3, -0.25) is 9.69 Å². The summed E-state index contributed by atoms with van der Waals surface area (Å²) in [5, 5.41) is 8.95. The standard InChI is InChI=1S/C19H28N2O3/c22-13-12-20-8-10-21(11-9-20)19(23)5-2-14-24-18-7-6-16-3-1-4-17(16)15-18/h6-7,15,22H,1-5,8-14H2. The van der Waals surface area contributed by atoms with E-state index < -0.39 is 0 Å². The zero-order valence-corrected chi connectivity index (χ0v) is 14.4. The van der Waals surface area contributed by atoms with Crippen molar-refractivity contribution in [1.29, 1.82) is 0 Å². The Bertz CT molecular complexity index is 554. The summed E-state index contributed by atoms with van der Waals surface area (Å²) in [5.41, 5.74) is 2.88. The van der Waals surface area contributed by atoms with Crippen LogP contribution in [0.15, 0.2) is 18.2 Å². The van der Waals surface area contributed by atoms with E-state index in [0.717, 1.165) is 44.8 Å². The Hall–Kier alpha value is -1.59. The van der Waals surface area contributed by atoms with Gasteiger partial charge in [0.2, 0.25) is 5.91 Å². The molecule has 0 bridgehead atoms. The van der Waals surface area contributed by atoms with E-state index in [2.05, 4.69) is 17.0 Å². The molecule has 1 N–H and O–H groups in total. The molecule has 0 spiro atoms. The number of piperazine rings is 1. The van der Waals surface area contributed by atoms with E-state index in [1.165, 1.54) is 24.0 Å². The molecule has 5 nitrogen and oxygen atoms in total. The van der Waals surface area contributed by atoms with Gasteiger partial charge in [0.25, 0.3) is 0 Å². The van der Waals surface area contributed by atoms with Gasteiger partial charge in [-0.15, -0.1) is 0 Å². The Morgan fingerprint density at radius 1 is 1.12 bits per heavy atom. The highest BCUT2D eigenvalue weighted by Crippen LogP contribution is 2.26. The van der Waals surface area contributed by atoms with E-state index in [1.54, 1.807) is 0 Å². The van der Waals surface area contributed by atoms with Gasteiger partial charge in [0.1, 0.15) is 5.75 Å². The second kappa shape index (κ2) is 8.49. The van der Waals surface area contributed by atoms with Crippen LogP contribution < -0.4 is 4.74 Å². The number of aryl methyl sites for hydroxylation is 2. The summed E-state index contributed by atoms with van der Waals surface area (Å²) in [7, 11) is 0. The molecule has 1 heterocycles. The van der Waals surface area contributed by atoms with Crippen molar-refractivity contribution >= 4 is 5.91 Å². The molecule has 0 atom stereocenters. The third-order valence-corrected chi connectivity index (χ3v) is 5.01. The number of β-amino-alcohol motifs (C(OH)–C–C–N with tert-alkyl or cyclic N) is 1. The molecule has 1 aromatic rings. The first-order valence-electron chi connectivity index (χ1n) is 9.12. The molecule has 2 aliphatic rings. The molecule has 5 heteroatoms. The minimum atomic E-state index is 0.188. The maximum atomic E-state index is 12.2. The van der Waals surface area contributed by atoms with Crippen molar-refractivity contribution in [3.8, 4) is 5.75 Å². The molecule has 1 aliphatic carbocycles. The summed E-state index contributed by atoms with van der Waals surface area (Å²) < 4.78 is 5.81. The van der Waals surface area contributed by atoms with Crippen LogP contribution in [0.25, 0.3) is 0 Å². The van der Waals surface area contributed by atoms with E-state index in [-0.39, 0.29) is 12.5 Å². The van der Waals surface area contributed by atoms with Crippen LogP contribution in [-0.2, 0) is 17.6 Å². The maximum absolute atomic E-state index is 12.2. The largest absolute Gasteiger partial charge is 0.494 e. The van der Waals surface area contributed by atoms with Crippen LogP contribution in [0.5, 0.6) is 5.75 Å². The van der Waals surface area contributed by atoms with Crippen molar-refractivity contribution < 1.29 is 14.6 Å². The van der Waals surface area contributed by atoms with Gasteiger partial charge in [0, 0.05) is 39.1 Å². The predicted molar refractivity (Wildman–Crippen MR) is 93.3 cm³/mol. The van der Waals surface area contributed by atoms with Gasteiger partial charge in [-0.2, -0.15) is 0 Å². The van der Waals surface area contributed by atoms with Crippen molar-refractivity contribution in [2.24, 2.45) is 0 Å². The fourth-order valence-corrected chi connectivity index (χ4v) is 3.57. The van der Waals surface area contributed by atoms with Crippen molar-refractivity contribution in [3.63, 3.8) is 0 Å². The average Bonchev–Trinajstić information content (AvgIpc) is 3.07. The van der Waals surface area contributed by atoms with E-state index in [4.69, 9.17) is 9.84 Å². The maximum Gasteiger partial charge on any atom is 0.222 e. The van der Waals surface area contributed by atoms with Crippen molar-refractivity contribution in [1.82, 2.24) is 9.80 Å². The number of fused-ring (bicyclic) bond motifs is 1. The molecule has 1 aromatic carbocycles. The van der Waals surface area contributed by atoms with Gasteiger partial charge in [-0.25, -0.2) is 0 Å². The fraction of sp³-hybridized carbons (Fsp3) is 0.632. The monoisotopic (exact) mass is 332 g/mol. The number of carbonyl (C=O) groups excluding carboxylic acids is 1. The molecule has 0 unspecified atom stereocenters. The lowest BCUT2D eigenvalue weighted by molar-refractivity contribution is -0.133. The first-order chi connectivity index (χ1) is 11.8. The van der Waals surface area contributed by atoms with Gasteiger partial charge in [0.15, 0.2) is 0 Å². The molecule has 0 aromatic heterocycles. The second-order valence-electron chi connectivity index (χ2n) is 6.68. The van der Waals surface area contributed by atoms with E-state index in [1.807, 2.05) is 11.0 Å². The summed E-state index contributed by atoms with van der Waals surface area (Å²) in [6.07, 6.45) is 4.90. The van der Waals surface area contributed by atoms with E-state index in [9.17, 15) is 4.79 Å². The lowest BCUT2D eigenvalue weighted by Gasteiger charge is -2.34. The molecule has 24 heavy (non-hydrogen) atoms. The van der Waals surface area contributed by atoms with Crippen molar-refractivity contribution in [2.75, 3.05) is 45.9 Å². The van der Waals surface area contributed by atoms with Gasteiger partial charge >= 0.3 is 0 Å². The molecule has 1 saturated heterocycles. The number of nitrogens with zero attached hydrogens (tertiary/aromatic N) is 2. The van der Waals surface area contributed by atoms with Crippen LogP contribution in [0.1, 0.15) is 30.4 Å². The Labute approximate surface area is 144 Å². The average molecular weight is 332 g/mol. The quantitative estimate of drug-likeness (QED) is 0.768. The number of aliphatic hydroxyl groups is 1. The number of ether oxygens (including phenoxy) is 1. The Morgan fingerprint density at radius 3 is 2.71 bits per heavy atom. The Kier molecular flexibility index (Phi) is 6.10. The van der Waals surface area contributed by atoms with Crippen LogP contribution in [0.3, 0.4) is 0 Å². The molecular formula is C19H28N2O3. The summed E-state index contributed by atoms with van der Waals surface area (Å²) in [5.74, 6) is 1.15. The first-order valence-corrected chi connectivity index (χ1v) is 9.12. The highest BCUT2D eigenvalue weighted by molar-refractivity contribution is 5.76. The van der Waals surface area contributed by atoms with Gasteiger partial charge in [-0.05, 0) is 48.9 Å². The third-order valence-electron chi connectivity index (χ3n) is 5.01. The van der Waals surface area contributed by atoms with Crippen LogP contribution in [0.2, 0.25) is 0 Å². The Morgan fingerprint density at radius 2 is 1.92 bits per heavy atom. The highest BCUT2D eigenvalue weighted by atomic mass is 16.5. The van der Waals surface area contributed by atoms with E-state index in [0.29, 0.717) is 19.6 Å². The molecular weight excluding hydrogens is 304 g/mol. The molecule has 1 amide bonds. The normalized spacial score (nSPS) is 17.8. The number of hydrogen-bond donors (Lipinski definition) is 1. The number of amides is 1. The molecule has 1 fully saturated rings. The second-order valence-corrected chi connectivity index (χ2v) is 6.68. The number of carbonyl (C=O) groups is 1. The molecule has 0 radical (unpaired) electrons. The van der Waals surface area contributed by atoms with Gasteiger partial charge < -0.3 is 14.7 Å². The minimum Gasteiger partial charge on any atom is -0.494 e. The van der Waals surface area contributed by atoms with Crippen LogP contribution >= 0.6 is 0 Å². The SMILES string of the molecule is O=C(CCCOc1ccc2c(c1)CCC2)N1CCN(CCO)CC1. The molecule has 0 saturated carbocycles. The zero-order chi connectivity index (χ0) is 16.8. The number of hydrogen-bond acceptors (Lipinski definition) is 4. The smallest absolute Gasteiger partial charge is 0.222 e. The summed E-state index contributed by atoms with van der Waals surface area (Å²) >= 11 is 0. The van der Waals surface area contributed by atoms with Crippen LogP contribution in [0, 0.1) is 0 Å². The molecule has 132 valence electrons. The highest BCUT2D eigenvalue weighted by Gasteiger charge is 2.20. The molecule has 3 rings (SSSR count). The Balaban J connectivity index is 1.34. The number of benzene rings is 1. The zero-order valence-electron chi connectivity index (χ0n) is 14.4. The van der Waals surface area contributed by atoms with Gasteiger partial charge in [-0.1, -0.05) is 6.07 Å². The first kappa shape index (κ1) is 17.2. The minimum absolute atomic E-state index is 0.188. The lowest BCUT2D eigenvalue weighted by atomic mass is 10.1. The predicted octanol–water partition coefficient (Wildman–Crippen LogP) is 1.47.